The third-order valence-corrected chi connectivity index (χ3v) is 4.35. The molecule has 1 spiro atoms. The van der Waals surface area contributed by atoms with Crippen molar-refractivity contribution in [1.82, 2.24) is 25.1 Å². The number of esters is 2. The highest BCUT2D eigenvalue weighted by atomic mass is 16.8. The third kappa shape index (κ3) is 1.38. The Morgan fingerprint density at radius 2 is 2.05 bits per heavy atom. The summed E-state index contributed by atoms with van der Waals surface area (Å²) in [6, 6.07) is 0. The summed E-state index contributed by atoms with van der Waals surface area (Å²) in [5.41, 5.74) is 0. The van der Waals surface area contributed by atoms with E-state index in [1.807, 2.05) is 4.90 Å². The van der Waals surface area contributed by atoms with Crippen LogP contribution in [0.5, 0.6) is 0 Å². The van der Waals surface area contributed by atoms with Crippen LogP contribution in [0.25, 0.3) is 0 Å². The van der Waals surface area contributed by atoms with Crippen LogP contribution in [0.15, 0.2) is 0 Å². The number of carbonyl (C=O) groups is 2. The zero-order valence-electron chi connectivity index (χ0n) is 10.9. The lowest BCUT2D eigenvalue weighted by Crippen LogP contribution is -2.56. The van der Waals surface area contributed by atoms with Crippen LogP contribution >= 0.6 is 0 Å². The standard InChI is InChI=1S/C11H13N5O4/c1-15-8(12-13-14-15)7-4-6-2-3-16(5-6)11(7)19-9(17)10(18)20-11/h6-7H,2-5H2,1H3. The Kier molecular flexibility index (Phi) is 2.21. The predicted molar refractivity (Wildman–Crippen MR) is 60.8 cm³/mol. The van der Waals surface area contributed by atoms with E-state index in [0.717, 1.165) is 25.9 Å². The fourth-order valence-corrected chi connectivity index (χ4v) is 3.45. The molecule has 9 nitrogen and oxygen atoms in total. The number of nitrogens with zero attached hydrogens (tertiary/aromatic N) is 5. The average Bonchev–Trinajstić information content (AvgIpc) is 3.07. The number of rotatable bonds is 1. The summed E-state index contributed by atoms with van der Waals surface area (Å²) in [6.45, 7) is 1.48. The van der Waals surface area contributed by atoms with Crippen LogP contribution < -0.4 is 0 Å². The van der Waals surface area contributed by atoms with Gasteiger partial charge in [0.2, 0.25) is 0 Å². The Hall–Kier alpha value is -2.03. The summed E-state index contributed by atoms with van der Waals surface area (Å²) in [4.78, 5) is 25.0. The van der Waals surface area contributed by atoms with Crippen molar-refractivity contribution in [2.45, 2.75) is 24.7 Å². The average molecular weight is 279 g/mol. The summed E-state index contributed by atoms with van der Waals surface area (Å²) in [5, 5.41) is 11.4. The number of aromatic nitrogens is 4. The Labute approximate surface area is 113 Å². The van der Waals surface area contributed by atoms with Crippen LogP contribution in [0, 0.1) is 5.92 Å². The van der Waals surface area contributed by atoms with Crippen LogP contribution in [-0.2, 0) is 26.1 Å². The number of tetrazole rings is 1. The van der Waals surface area contributed by atoms with Gasteiger partial charge in [0, 0.05) is 20.1 Å². The highest BCUT2D eigenvalue weighted by Crippen LogP contribution is 2.49. The van der Waals surface area contributed by atoms with Gasteiger partial charge in [-0.25, -0.2) is 19.2 Å². The highest BCUT2D eigenvalue weighted by molar-refractivity contribution is 6.31. The van der Waals surface area contributed by atoms with Crippen LogP contribution in [0.3, 0.4) is 0 Å². The molecule has 4 rings (SSSR count). The summed E-state index contributed by atoms with van der Waals surface area (Å²) in [6.07, 6.45) is 1.71. The minimum Gasteiger partial charge on any atom is -0.399 e. The van der Waals surface area contributed by atoms with E-state index in [-0.39, 0.29) is 5.92 Å². The molecule has 106 valence electrons. The molecule has 3 saturated heterocycles. The number of carbonyl (C=O) groups excluding carboxylic acids is 2. The van der Waals surface area contributed by atoms with Gasteiger partial charge in [0.05, 0.1) is 0 Å². The molecule has 0 amide bonds. The highest BCUT2D eigenvalue weighted by Gasteiger charge is 2.64. The van der Waals surface area contributed by atoms with Crippen molar-refractivity contribution in [1.29, 1.82) is 0 Å². The van der Waals surface area contributed by atoms with Gasteiger partial charge in [-0.15, -0.1) is 5.10 Å². The molecule has 3 atom stereocenters. The van der Waals surface area contributed by atoms with E-state index in [1.54, 1.807) is 7.05 Å². The lowest BCUT2D eigenvalue weighted by Gasteiger charge is -2.42. The zero-order chi connectivity index (χ0) is 13.9. The van der Waals surface area contributed by atoms with Crippen molar-refractivity contribution in [3.05, 3.63) is 5.82 Å². The molecule has 0 aromatic carbocycles. The molecular formula is C11H13N5O4. The second-order valence-electron chi connectivity index (χ2n) is 5.46. The minimum absolute atomic E-state index is 0.362. The number of hydrogen-bond donors (Lipinski definition) is 0. The van der Waals surface area contributed by atoms with E-state index in [0.29, 0.717) is 11.7 Å². The van der Waals surface area contributed by atoms with Crippen molar-refractivity contribution in [3.63, 3.8) is 0 Å². The van der Waals surface area contributed by atoms with Crippen LogP contribution in [-0.4, -0.2) is 56.0 Å². The molecular weight excluding hydrogens is 266 g/mol. The van der Waals surface area contributed by atoms with E-state index < -0.39 is 17.8 Å². The normalized spacial score (nSPS) is 34.4. The van der Waals surface area contributed by atoms with E-state index in [9.17, 15) is 9.59 Å². The fraction of sp³-hybridized carbons (Fsp3) is 0.727. The topological polar surface area (TPSA) is 99.4 Å². The number of ether oxygens (including phenoxy) is 2. The van der Waals surface area contributed by atoms with Crippen molar-refractivity contribution in [2.24, 2.45) is 13.0 Å². The molecule has 1 aromatic heterocycles. The van der Waals surface area contributed by atoms with Crippen LogP contribution in [0.2, 0.25) is 0 Å². The van der Waals surface area contributed by atoms with E-state index in [2.05, 4.69) is 15.5 Å². The number of hydrogen-bond acceptors (Lipinski definition) is 8. The van der Waals surface area contributed by atoms with Crippen LogP contribution in [0.1, 0.15) is 24.6 Å². The third-order valence-electron chi connectivity index (χ3n) is 4.35. The van der Waals surface area contributed by atoms with Crippen molar-refractivity contribution >= 4 is 11.9 Å². The molecule has 0 N–H and O–H groups in total. The number of fused-ring (bicyclic) bond motifs is 3. The first-order chi connectivity index (χ1) is 9.60. The Morgan fingerprint density at radius 1 is 1.30 bits per heavy atom. The van der Waals surface area contributed by atoms with Crippen molar-refractivity contribution < 1.29 is 19.1 Å². The monoisotopic (exact) mass is 279 g/mol. The Bertz CT molecular complexity index is 583. The van der Waals surface area contributed by atoms with Crippen molar-refractivity contribution in [3.8, 4) is 0 Å². The molecule has 3 aliphatic heterocycles. The number of aryl methyl sites for hydroxylation is 1. The summed E-state index contributed by atoms with van der Waals surface area (Å²) in [7, 11) is 1.72. The molecule has 9 heteroatoms. The zero-order valence-corrected chi connectivity index (χ0v) is 10.9. The molecule has 3 fully saturated rings. The van der Waals surface area contributed by atoms with Crippen molar-refractivity contribution in [2.75, 3.05) is 13.1 Å². The molecule has 3 unspecified atom stereocenters. The maximum atomic E-state index is 11.5. The first-order valence-electron chi connectivity index (χ1n) is 6.54. The first kappa shape index (κ1) is 11.8. The lowest BCUT2D eigenvalue weighted by molar-refractivity contribution is -0.269. The van der Waals surface area contributed by atoms with Gasteiger partial charge in [-0.1, -0.05) is 0 Å². The van der Waals surface area contributed by atoms with Gasteiger partial charge >= 0.3 is 17.8 Å². The quantitative estimate of drug-likeness (QED) is 0.465. The molecule has 20 heavy (non-hydrogen) atoms. The maximum absolute atomic E-state index is 11.5. The van der Waals surface area contributed by atoms with Gasteiger partial charge < -0.3 is 9.47 Å². The molecule has 1 aromatic rings. The van der Waals surface area contributed by atoms with Gasteiger partial charge in [0.15, 0.2) is 5.82 Å². The molecule has 2 bridgehead atoms. The largest absolute Gasteiger partial charge is 0.421 e. The second-order valence-corrected chi connectivity index (χ2v) is 5.46. The smallest absolute Gasteiger partial charge is 0.399 e. The van der Waals surface area contributed by atoms with Gasteiger partial charge in [0.1, 0.15) is 5.92 Å². The number of piperidine rings is 1. The van der Waals surface area contributed by atoms with Gasteiger partial charge in [0.25, 0.3) is 0 Å². The van der Waals surface area contributed by atoms with Gasteiger partial charge in [-0.2, -0.15) is 0 Å². The van der Waals surface area contributed by atoms with Crippen LogP contribution in [0.4, 0.5) is 0 Å². The summed E-state index contributed by atoms with van der Waals surface area (Å²) >= 11 is 0. The second kappa shape index (κ2) is 3.75. The Balaban J connectivity index is 1.81. The van der Waals surface area contributed by atoms with Gasteiger partial charge in [-0.05, 0) is 29.2 Å². The molecule has 0 saturated carbocycles. The lowest BCUT2D eigenvalue weighted by atomic mass is 9.87. The summed E-state index contributed by atoms with van der Waals surface area (Å²) in [5.74, 6) is -2.60. The molecule has 0 radical (unpaired) electrons. The van der Waals surface area contributed by atoms with E-state index in [4.69, 9.17) is 9.47 Å². The molecule has 3 aliphatic rings. The Morgan fingerprint density at radius 3 is 2.70 bits per heavy atom. The minimum atomic E-state index is -1.37. The maximum Gasteiger partial charge on any atom is 0.421 e. The van der Waals surface area contributed by atoms with E-state index in [1.165, 1.54) is 4.68 Å². The predicted octanol–water partition coefficient (Wildman–Crippen LogP) is -1.23. The first-order valence-corrected chi connectivity index (χ1v) is 6.54. The fourth-order valence-electron chi connectivity index (χ4n) is 3.45. The van der Waals surface area contributed by atoms with E-state index >= 15 is 0 Å². The SMILES string of the molecule is Cn1nnnc1C1CC2CCN(C2)C12OC(=O)C(=O)O2. The molecule has 4 heterocycles. The molecule has 0 aliphatic carbocycles. The summed E-state index contributed by atoms with van der Waals surface area (Å²) < 4.78 is 12.2. The van der Waals surface area contributed by atoms with Gasteiger partial charge in [-0.3, -0.25) is 0 Å².